The van der Waals surface area contributed by atoms with Crippen molar-refractivity contribution < 1.29 is 4.74 Å². The van der Waals surface area contributed by atoms with Crippen molar-refractivity contribution >= 4 is 28.6 Å². The standard InChI is InChI=1S/C18H27N5OS2/c1-14-12-21-17(26-14)5-6-20-18(19-2)22-13-15(16-4-3-11-25-16)23-7-9-24-10-8-23/h3-4,11-12,15H,5-10,13H2,1-2H3,(H2,19,20,22). The smallest absolute Gasteiger partial charge is 0.191 e. The highest BCUT2D eigenvalue weighted by atomic mass is 32.1. The minimum atomic E-state index is 0.346. The second-order valence-electron chi connectivity index (χ2n) is 6.17. The summed E-state index contributed by atoms with van der Waals surface area (Å²) in [5.74, 6) is 0.841. The Morgan fingerprint density at radius 2 is 2.23 bits per heavy atom. The summed E-state index contributed by atoms with van der Waals surface area (Å²) in [6.07, 6.45) is 2.85. The van der Waals surface area contributed by atoms with Gasteiger partial charge in [0.05, 0.1) is 24.3 Å². The highest BCUT2D eigenvalue weighted by molar-refractivity contribution is 7.11. The van der Waals surface area contributed by atoms with E-state index in [2.05, 4.69) is 49.9 Å². The van der Waals surface area contributed by atoms with Crippen LogP contribution in [0.3, 0.4) is 0 Å². The molecular formula is C18H27N5OS2. The highest BCUT2D eigenvalue weighted by Gasteiger charge is 2.23. The number of ether oxygens (including phenoxy) is 1. The van der Waals surface area contributed by atoms with Crippen LogP contribution in [-0.2, 0) is 11.2 Å². The predicted molar refractivity (Wildman–Crippen MR) is 109 cm³/mol. The zero-order chi connectivity index (χ0) is 18.2. The zero-order valence-corrected chi connectivity index (χ0v) is 17.0. The molecule has 1 atom stereocenters. The number of aliphatic imine (C=N–C) groups is 1. The van der Waals surface area contributed by atoms with E-state index in [1.807, 2.05) is 24.6 Å². The summed E-state index contributed by atoms with van der Waals surface area (Å²) in [5, 5.41) is 10.2. The highest BCUT2D eigenvalue weighted by Crippen LogP contribution is 2.25. The molecule has 0 aromatic carbocycles. The molecule has 0 amide bonds. The van der Waals surface area contributed by atoms with Crippen molar-refractivity contribution in [3.05, 3.63) is 38.5 Å². The van der Waals surface area contributed by atoms with Crippen molar-refractivity contribution in [1.82, 2.24) is 20.5 Å². The fraction of sp³-hybridized carbons (Fsp3) is 0.556. The number of hydrogen-bond donors (Lipinski definition) is 2. The second kappa shape index (κ2) is 10.0. The van der Waals surface area contributed by atoms with Gasteiger partial charge >= 0.3 is 0 Å². The van der Waals surface area contributed by atoms with E-state index in [4.69, 9.17) is 4.74 Å². The Balaban J connectivity index is 1.51. The lowest BCUT2D eigenvalue weighted by atomic mass is 10.2. The second-order valence-corrected chi connectivity index (χ2v) is 8.47. The maximum Gasteiger partial charge on any atom is 0.191 e. The van der Waals surface area contributed by atoms with Crippen molar-refractivity contribution in [3.8, 4) is 0 Å². The molecule has 8 heteroatoms. The normalized spacial score (nSPS) is 17.2. The summed E-state index contributed by atoms with van der Waals surface area (Å²) in [7, 11) is 1.82. The number of nitrogens with zero attached hydrogens (tertiary/aromatic N) is 3. The fourth-order valence-corrected chi connectivity index (χ4v) is 4.65. The Morgan fingerprint density at radius 1 is 1.38 bits per heavy atom. The quantitative estimate of drug-likeness (QED) is 0.558. The third-order valence-corrected chi connectivity index (χ3v) is 6.29. The van der Waals surface area contributed by atoms with Crippen LogP contribution in [0.1, 0.15) is 20.8 Å². The van der Waals surface area contributed by atoms with Crippen molar-refractivity contribution in [2.75, 3.05) is 46.4 Å². The van der Waals surface area contributed by atoms with Crippen molar-refractivity contribution in [2.24, 2.45) is 4.99 Å². The van der Waals surface area contributed by atoms with Crippen LogP contribution >= 0.6 is 22.7 Å². The van der Waals surface area contributed by atoms with Crippen molar-refractivity contribution in [3.63, 3.8) is 0 Å². The molecule has 0 saturated carbocycles. The summed E-state index contributed by atoms with van der Waals surface area (Å²) in [6, 6.07) is 4.68. The van der Waals surface area contributed by atoms with Crippen LogP contribution < -0.4 is 10.6 Å². The molecule has 1 aliphatic rings. The average Bonchev–Trinajstić information content (AvgIpc) is 3.33. The number of nitrogens with one attached hydrogen (secondary N) is 2. The molecule has 3 heterocycles. The van der Waals surface area contributed by atoms with E-state index in [-0.39, 0.29) is 0 Å². The summed E-state index contributed by atoms with van der Waals surface area (Å²) >= 11 is 3.57. The van der Waals surface area contributed by atoms with Crippen LogP contribution in [0.15, 0.2) is 28.7 Å². The maximum atomic E-state index is 5.51. The Labute approximate surface area is 163 Å². The van der Waals surface area contributed by atoms with E-state index >= 15 is 0 Å². The molecule has 0 bridgehead atoms. The van der Waals surface area contributed by atoms with Gasteiger partial charge in [0.2, 0.25) is 0 Å². The van der Waals surface area contributed by atoms with E-state index in [9.17, 15) is 0 Å². The van der Waals surface area contributed by atoms with Gasteiger partial charge < -0.3 is 15.4 Å². The van der Waals surface area contributed by atoms with E-state index in [1.54, 1.807) is 11.3 Å². The van der Waals surface area contributed by atoms with Gasteiger partial charge in [-0.15, -0.1) is 22.7 Å². The van der Waals surface area contributed by atoms with Gasteiger partial charge in [0.25, 0.3) is 0 Å². The molecule has 1 aliphatic heterocycles. The van der Waals surface area contributed by atoms with Crippen LogP contribution in [0.25, 0.3) is 0 Å². The Morgan fingerprint density at radius 3 is 2.88 bits per heavy atom. The van der Waals surface area contributed by atoms with Gasteiger partial charge in [-0.2, -0.15) is 0 Å². The van der Waals surface area contributed by atoms with Crippen LogP contribution in [0.2, 0.25) is 0 Å². The van der Waals surface area contributed by atoms with E-state index in [1.165, 1.54) is 9.75 Å². The molecule has 2 aromatic rings. The van der Waals surface area contributed by atoms with Gasteiger partial charge in [-0.05, 0) is 18.4 Å². The number of guanidine groups is 1. The van der Waals surface area contributed by atoms with Gasteiger partial charge in [0, 0.05) is 55.6 Å². The first-order valence-electron chi connectivity index (χ1n) is 8.97. The molecule has 3 rings (SSSR count). The van der Waals surface area contributed by atoms with Crippen LogP contribution in [-0.4, -0.2) is 62.3 Å². The molecular weight excluding hydrogens is 366 g/mol. The summed E-state index contributed by atoms with van der Waals surface area (Å²) in [4.78, 5) is 13.9. The molecule has 1 unspecified atom stereocenters. The predicted octanol–water partition coefficient (Wildman–Crippen LogP) is 2.29. The summed E-state index contributed by atoms with van der Waals surface area (Å²) in [5.41, 5.74) is 0. The first-order chi connectivity index (χ1) is 12.8. The lowest BCUT2D eigenvalue weighted by Crippen LogP contribution is -2.46. The molecule has 6 nitrogen and oxygen atoms in total. The Kier molecular flexibility index (Phi) is 7.43. The van der Waals surface area contributed by atoms with Crippen molar-refractivity contribution in [2.45, 2.75) is 19.4 Å². The Bertz CT molecular complexity index is 680. The zero-order valence-electron chi connectivity index (χ0n) is 15.4. The van der Waals surface area contributed by atoms with Gasteiger partial charge in [-0.25, -0.2) is 4.98 Å². The lowest BCUT2D eigenvalue weighted by molar-refractivity contribution is 0.0177. The van der Waals surface area contributed by atoms with E-state index in [0.29, 0.717) is 6.04 Å². The lowest BCUT2D eigenvalue weighted by Gasteiger charge is -2.34. The first kappa shape index (κ1) is 19.3. The largest absolute Gasteiger partial charge is 0.379 e. The Hall–Kier alpha value is -1.48. The van der Waals surface area contributed by atoms with Crippen molar-refractivity contribution in [1.29, 1.82) is 0 Å². The van der Waals surface area contributed by atoms with Crippen LogP contribution in [0.5, 0.6) is 0 Å². The number of morpholine rings is 1. The third kappa shape index (κ3) is 5.51. The maximum absolute atomic E-state index is 5.51. The van der Waals surface area contributed by atoms with Gasteiger partial charge in [-0.1, -0.05) is 6.07 Å². The monoisotopic (exact) mass is 393 g/mol. The molecule has 26 heavy (non-hydrogen) atoms. The number of thiazole rings is 1. The fourth-order valence-electron chi connectivity index (χ4n) is 3.00. The molecule has 0 spiro atoms. The topological polar surface area (TPSA) is 61.8 Å². The SMILES string of the molecule is CN=C(NCCc1ncc(C)s1)NCC(c1cccs1)N1CCOCC1. The molecule has 2 N–H and O–H groups in total. The van der Waals surface area contributed by atoms with E-state index < -0.39 is 0 Å². The van der Waals surface area contributed by atoms with Gasteiger partial charge in [-0.3, -0.25) is 9.89 Å². The minimum absolute atomic E-state index is 0.346. The van der Waals surface area contributed by atoms with Crippen LogP contribution in [0.4, 0.5) is 0 Å². The molecule has 142 valence electrons. The summed E-state index contributed by atoms with van der Waals surface area (Å²) < 4.78 is 5.51. The average molecular weight is 394 g/mol. The molecule has 1 fully saturated rings. The number of aromatic nitrogens is 1. The summed E-state index contributed by atoms with van der Waals surface area (Å²) in [6.45, 7) is 7.30. The number of rotatable bonds is 7. The van der Waals surface area contributed by atoms with Crippen LogP contribution in [0, 0.1) is 6.92 Å². The molecule has 0 radical (unpaired) electrons. The number of hydrogen-bond acceptors (Lipinski definition) is 6. The van der Waals surface area contributed by atoms with Gasteiger partial charge in [0.15, 0.2) is 5.96 Å². The third-order valence-electron chi connectivity index (χ3n) is 4.34. The van der Waals surface area contributed by atoms with E-state index in [0.717, 1.165) is 56.8 Å². The minimum Gasteiger partial charge on any atom is -0.379 e. The molecule has 1 saturated heterocycles. The number of thiophene rings is 1. The molecule has 2 aromatic heterocycles. The molecule has 0 aliphatic carbocycles. The first-order valence-corrected chi connectivity index (χ1v) is 10.7. The van der Waals surface area contributed by atoms with Gasteiger partial charge in [0.1, 0.15) is 0 Å². The number of aryl methyl sites for hydroxylation is 1.